The van der Waals surface area contributed by atoms with E-state index in [2.05, 4.69) is 56.7 Å². The van der Waals surface area contributed by atoms with Crippen LogP contribution in [0.2, 0.25) is 5.15 Å². The molecule has 0 atom stereocenters. The van der Waals surface area contributed by atoms with Crippen LogP contribution in [0.4, 0.5) is 19.0 Å². The zero-order valence-electron chi connectivity index (χ0n) is 13.2. The first kappa shape index (κ1) is 18.7. The Morgan fingerprint density at radius 3 is 2.20 bits per heavy atom. The first-order chi connectivity index (χ1) is 11.8. The summed E-state index contributed by atoms with van der Waals surface area (Å²) in [7, 11) is 0. The van der Waals surface area contributed by atoms with E-state index in [9.17, 15) is 13.2 Å². The van der Waals surface area contributed by atoms with Crippen molar-refractivity contribution in [1.82, 2.24) is 9.88 Å². The van der Waals surface area contributed by atoms with Gasteiger partial charge in [0.05, 0.1) is 5.56 Å². The number of benzene rings is 1. The topological polar surface area (TPSA) is 19.4 Å². The van der Waals surface area contributed by atoms with E-state index in [1.807, 2.05) is 4.90 Å². The number of nitrogens with zero attached hydrogens (tertiary/aromatic N) is 3. The van der Waals surface area contributed by atoms with Crippen LogP contribution in [0.25, 0.3) is 0 Å². The Bertz CT molecular complexity index is 729. The highest BCUT2D eigenvalue weighted by atomic mass is 127. The molecule has 3 rings (SSSR count). The Hall–Kier alpha value is -1.06. The normalized spacial score (nSPS) is 16.3. The van der Waals surface area contributed by atoms with Crippen LogP contribution in [0.1, 0.15) is 11.1 Å². The van der Waals surface area contributed by atoms with Crippen molar-refractivity contribution in [3.05, 3.63) is 56.2 Å². The van der Waals surface area contributed by atoms with E-state index in [4.69, 9.17) is 11.6 Å². The molecular weight excluding hydrogens is 466 g/mol. The molecule has 0 N–H and O–H groups in total. The Morgan fingerprint density at radius 2 is 1.64 bits per heavy atom. The van der Waals surface area contributed by atoms with Gasteiger partial charge in [0.15, 0.2) is 0 Å². The molecule has 0 aliphatic carbocycles. The molecule has 0 bridgehead atoms. The summed E-state index contributed by atoms with van der Waals surface area (Å²) < 4.78 is 39.5. The summed E-state index contributed by atoms with van der Waals surface area (Å²) in [4.78, 5) is 8.23. The molecule has 1 fully saturated rings. The maximum Gasteiger partial charge on any atom is 0.419 e. The zero-order valence-corrected chi connectivity index (χ0v) is 16.1. The number of anilines is 1. The fourth-order valence-corrected chi connectivity index (χ4v) is 3.41. The molecule has 0 unspecified atom stereocenters. The van der Waals surface area contributed by atoms with Gasteiger partial charge in [0, 0.05) is 36.3 Å². The molecule has 2 aromatic rings. The van der Waals surface area contributed by atoms with E-state index in [-0.39, 0.29) is 0 Å². The van der Waals surface area contributed by atoms with Crippen molar-refractivity contribution < 1.29 is 13.2 Å². The van der Waals surface area contributed by atoms with Crippen molar-refractivity contribution in [2.24, 2.45) is 0 Å². The quantitative estimate of drug-likeness (QED) is 0.469. The summed E-state index contributed by atoms with van der Waals surface area (Å²) in [5.41, 5.74) is 0.361. The number of piperazine rings is 1. The van der Waals surface area contributed by atoms with Gasteiger partial charge in [0.25, 0.3) is 0 Å². The molecule has 0 radical (unpaired) electrons. The van der Waals surface area contributed by atoms with Gasteiger partial charge in [-0.25, -0.2) is 4.98 Å². The number of aromatic nitrogens is 1. The van der Waals surface area contributed by atoms with E-state index < -0.39 is 16.9 Å². The van der Waals surface area contributed by atoms with Crippen LogP contribution in [0.3, 0.4) is 0 Å². The van der Waals surface area contributed by atoms with Gasteiger partial charge >= 0.3 is 6.18 Å². The van der Waals surface area contributed by atoms with Crippen molar-refractivity contribution in [3.63, 3.8) is 0 Å². The van der Waals surface area contributed by atoms with Crippen LogP contribution in [0.5, 0.6) is 0 Å². The minimum Gasteiger partial charge on any atom is -0.354 e. The molecular formula is C17H16ClF3IN3. The fraction of sp³-hybridized carbons (Fsp3) is 0.353. The van der Waals surface area contributed by atoms with E-state index in [1.54, 1.807) is 0 Å². The summed E-state index contributed by atoms with van der Waals surface area (Å²) >= 11 is 7.99. The van der Waals surface area contributed by atoms with Gasteiger partial charge in [-0.15, -0.1) is 0 Å². The van der Waals surface area contributed by atoms with Gasteiger partial charge in [0.2, 0.25) is 0 Å². The number of rotatable bonds is 3. The standard InChI is InChI=1S/C17H16ClF3IN3/c18-16-14(17(19,20)21)5-6-15(23-16)25-9-7-24(8-10-25)11-12-1-3-13(22)4-2-12/h1-6H,7-11H2. The molecule has 0 amide bonds. The molecule has 1 aliphatic heterocycles. The molecule has 2 heterocycles. The summed E-state index contributed by atoms with van der Waals surface area (Å²) in [6, 6.07) is 10.8. The number of hydrogen-bond acceptors (Lipinski definition) is 3. The summed E-state index contributed by atoms with van der Waals surface area (Å²) in [6.07, 6.45) is -4.48. The third-order valence-electron chi connectivity index (χ3n) is 4.16. The predicted molar refractivity (Wildman–Crippen MR) is 101 cm³/mol. The lowest BCUT2D eigenvalue weighted by Gasteiger charge is -2.35. The van der Waals surface area contributed by atoms with Gasteiger partial charge in [0.1, 0.15) is 11.0 Å². The monoisotopic (exact) mass is 481 g/mol. The lowest BCUT2D eigenvalue weighted by atomic mass is 10.2. The zero-order chi connectivity index (χ0) is 18.0. The van der Waals surface area contributed by atoms with Crippen molar-refractivity contribution >= 4 is 40.0 Å². The van der Waals surface area contributed by atoms with E-state index >= 15 is 0 Å². The largest absolute Gasteiger partial charge is 0.419 e. The second kappa shape index (κ2) is 7.67. The average molecular weight is 482 g/mol. The molecule has 134 valence electrons. The lowest BCUT2D eigenvalue weighted by Crippen LogP contribution is -2.46. The molecule has 1 aliphatic rings. The summed E-state index contributed by atoms with van der Waals surface area (Å²) in [5.74, 6) is 0.493. The lowest BCUT2D eigenvalue weighted by molar-refractivity contribution is -0.137. The highest BCUT2D eigenvalue weighted by molar-refractivity contribution is 14.1. The Morgan fingerprint density at radius 1 is 1.00 bits per heavy atom. The highest BCUT2D eigenvalue weighted by Gasteiger charge is 2.34. The van der Waals surface area contributed by atoms with Crippen LogP contribution in [-0.2, 0) is 12.7 Å². The van der Waals surface area contributed by atoms with Crippen LogP contribution in [0.15, 0.2) is 36.4 Å². The fourth-order valence-electron chi connectivity index (χ4n) is 2.80. The van der Waals surface area contributed by atoms with E-state index in [0.29, 0.717) is 18.9 Å². The van der Waals surface area contributed by atoms with Crippen molar-refractivity contribution in [3.8, 4) is 0 Å². The van der Waals surface area contributed by atoms with E-state index in [1.165, 1.54) is 15.2 Å². The molecule has 8 heteroatoms. The van der Waals surface area contributed by atoms with Gasteiger partial charge in [-0.2, -0.15) is 13.2 Å². The molecule has 0 saturated carbocycles. The SMILES string of the molecule is FC(F)(F)c1ccc(N2CCN(Cc3ccc(I)cc3)CC2)nc1Cl. The van der Waals surface area contributed by atoms with Gasteiger partial charge < -0.3 is 4.90 Å². The first-order valence-electron chi connectivity index (χ1n) is 7.78. The Balaban J connectivity index is 1.60. The van der Waals surface area contributed by atoms with Crippen LogP contribution in [0, 0.1) is 3.57 Å². The summed E-state index contributed by atoms with van der Waals surface area (Å²) in [6.45, 7) is 3.93. The van der Waals surface area contributed by atoms with Crippen LogP contribution in [-0.4, -0.2) is 36.1 Å². The van der Waals surface area contributed by atoms with Crippen molar-refractivity contribution in [2.45, 2.75) is 12.7 Å². The third kappa shape index (κ3) is 4.77. The molecule has 0 spiro atoms. The number of alkyl halides is 3. The molecule has 1 saturated heterocycles. The smallest absolute Gasteiger partial charge is 0.354 e. The van der Waals surface area contributed by atoms with Gasteiger partial charge in [-0.1, -0.05) is 23.7 Å². The van der Waals surface area contributed by atoms with Gasteiger partial charge in [-0.05, 0) is 52.4 Å². The Kier molecular flexibility index (Phi) is 5.75. The highest BCUT2D eigenvalue weighted by Crippen LogP contribution is 2.34. The first-order valence-corrected chi connectivity index (χ1v) is 9.24. The van der Waals surface area contributed by atoms with E-state index in [0.717, 1.165) is 25.7 Å². The second-order valence-corrected chi connectivity index (χ2v) is 7.50. The molecule has 3 nitrogen and oxygen atoms in total. The predicted octanol–water partition coefficient (Wildman–Crippen LogP) is 4.68. The Labute approximate surface area is 162 Å². The third-order valence-corrected chi connectivity index (χ3v) is 5.16. The molecule has 1 aromatic carbocycles. The molecule has 1 aromatic heterocycles. The second-order valence-electron chi connectivity index (χ2n) is 5.90. The summed E-state index contributed by atoms with van der Waals surface area (Å²) in [5, 5.41) is -0.494. The minimum absolute atomic E-state index is 0.493. The number of hydrogen-bond donors (Lipinski definition) is 0. The maximum atomic E-state index is 12.8. The number of halogens is 5. The maximum absolute atomic E-state index is 12.8. The van der Waals surface area contributed by atoms with Gasteiger partial charge in [-0.3, -0.25) is 4.90 Å². The average Bonchev–Trinajstić information content (AvgIpc) is 2.56. The van der Waals surface area contributed by atoms with Crippen molar-refractivity contribution in [1.29, 1.82) is 0 Å². The number of pyridine rings is 1. The minimum atomic E-state index is -4.48. The van der Waals surface area contributed by atoms with Crippen LogP contribution >= 0.6 is 34.2 Å². The molecule has 25 heavy (non-hydrogen) atoms. The van der Waals surface area contributed by atoms with Crippen LogP contribution < -0.4 is 4.90 Å². The van der Waals surface area contributed by atoms with Crippen molar-refractivity contribution in [2.75, 3.05) is 31.1 Å².